The number of hydrogen-bond donors (Lipinski definition) is 2. The molecule has 3 aromatic rings. The minimum Gasteiger partial charge on any atom is -0.490 e. The second-order valence-electron chi connectivity index (χ2n) is 8.26. The van der Waals surface area contributed by atoms with Crippen molar-refractivity contribution >= 4 is 23.3 Å². The molecule has 0 saturated heterocycles. The Morgan fingerprint density at radius 1 is 1.27 bits per heavy atom. The van der Waals surface area contributed by atoms with Gasteiger partial charge in [0, 0.05) is 29.5 Å². The van der Waals surface area contributed by atoms with Gasteiger partial charge < -0.3 is 9.84 Å². The molecular formula is C25H28N4O2S2. The number of nitrogens with one attached hydrogen (secondary N) is 1. The van der Waals surface area contributed by atoms with Gasteiger partial charge in [-0.2, -0.15) is 5.26 Å². The van der Waals surface area contributed by atoms with E-state index in [0.717, 1.165) is 52.6 Å². The van der Waals surface area contributed by atoms with Crippen LogP contribution in [-0.2, 0) is 6.42 Å². The van der Waals surface area contributed by atoms with Gasteiger partial charge in [-0.3, -0.25) is 4.72 Å². The molecule has 0 bridgehead atoms. The number of aliphatic hydroxyl groups is 1. The zero-order valence-electron chi connectivity index (χ0n) is 18.9. The highest BCUT2D eigenvalue weighted by molar-refractivity contribution is 7.97. The standard InChI is InChI=1S/C25H28N4O2S2/c1-16(2)31-23-11-10-17(14-18(23)15-26)24-27-28-25(33-24)21-8-3-7-20-19(21)6-4-9-22(20)29-32-13-5-12-30/h3,7-8,10-11,14,16,22,29-30H,4-6,9,12-13H2,1-2H3. The molecule has 0 radical (unpaired) electrons. The molecule has 6 nitrogen and oxygen atoms in total. The molecule has 1 atom stereocenters. The van der Waals surface area contributed by atoms with Gasteiger partial charge in [-0.25, -0.2) is 0 Å². The summed E-state index contributed by atoms with van der Waals surface area (Å²) in [6.07, 6.45) is 4.05. The third kappa shape index (κ3) is 5.56. The number of hydrogen-bond acceptors (Lipinski definition) is 8. The van der Waals surface area contributed by atoms with E-state index in [2.05, 4.69) is 39.2 Å². The molecule has 8 heteroatoms. The van der Waals surface area contributed by atoms with Crippen LogP contribution < -0.4 is 9.46 Å². The number of benzene rings is 2. The highest BCUT2D eigenvalue weighted by Gasteiger charge is 2.24. The van der Waals surface area contributed by atoms with Crippen molar-refractivity contribution in [3.63, 3.8) is 0 Å². The van der Waals surface area contributed by atoms with Gasteiger partial charge >= 0.3 is 0 Å². The lowest BCUT2D eigenvalue weighted by molar-refractivity contribution is 0.242. The summed E-state index contributed by atoms with van der Waals surface area (Å²) in [7, 11) is 0. The van der Waals surface area contributed by atoms with Crippen LogP contribution >= 0.6 is 23.3 Å². The Morgan fingerprint density at radius 3 is 2.91 bits per heavy atom. The first-order valence-corrected chi connectivity index (χ1v) is 13.1. The average Bonchev–Trinajstić information content (AvgIpc) is 3.31. The Labute approximate surface area is 203 Å². The Morgan fingerprint density at radius 2 is 2.12 bits per heavy atom. The van der Waals surface area contributed by atoms with E-state index >= 15 is 0 Å². The Balaban J connectivity index is 1.59. The van der Waals surface area contributed by atoms with Crippen molar-refractivity contribution in [3.05, 3.63) is 53.1 Å². The molecule has 2 aromatic carbocycles. The minimum absolute atomic E-state index is 0.00623. The topological polar surface area (TPSA) is 91.1 Å². The largest absolute Gasteiger partial charge is 0.490 e. The molecule has 0 fully saturated rings. The molecular weight excluding hydrogens is 452 g/mol. The molecule has 0 aliphatic heterocycles. The van der Waals surface area contributed by atoms with Crippen LogP contribution in [0.15, 0.2) is 36.4 Å². The molecule has 1 aromatic heterocycles. The quantitative estimate of drug-likeness (QED) is 0.307. The van der Waals surface area contributed by atoms with Crippen molar-refractivity contribution in [2.24, 2.45) is 0 Å². The number of nitriles is 1. The van der Waals surface area contributed by atoms with Gasteiger partial charge in [-0.15, -0.1) is 10.2 Å². The number of fused-ring (bicyclic) bond motifs is 1. The van der Waals surface area contributed by atoms with E-state index in [-0.39, 0.29) is 12.7 Å². The van der Waals surface area contributed by atoms with Gasteiger partial charge in [0.15, 0.2) is 0 Å². The summed E-state index contributed by atoms with van der Waals surface area (Å²) in [6.45, 7) is 4.11. The van der Waals surface area contributed by atoms with E-state index in [1.807, 2.05) is 32.0 Å². The molecule has 0 amide bonds. The summed E-state index contributed by atoms with van der Waals surface area (Å²) in [6, 6.07) is 14.6. The van der Waals surface area contributed by atoms with E-state index in [9.17, 15) is 5.26 Å². The van der Waals surface area contributed by atoms with E-state index in [0.29, 0.717) is 17.4 Å². The van der Waals surface area contributed by atoms with E-state index in [1.54, 1.807) is 23.3 Å². The van der Waals surface area contributed by atoms with Gasteiger partial charge in [-0.05, 0) is 68.9 Å². The fraction of sp³-hybridized carbons (Fsp3) is 0.400. The second kappa shape index (κ2) is 11.1. The van der Waals surface area contributed by atoms with Gasteiger partial charge in [0.25, 0.3) is 0 Å². The lowest BCUT2D eigenvalue weighted by Crippen LogP contribution is -2.21. The predicted molar refractivity (Wildman–Crippen MR) is 134 cm³/mol. The molecule has 1 heterocycles. The maximum atomic E-state index is 9.55. The van der Waals surface area contributed by atoms with Crippen LogP contribution in [-0.4, -0.2) is 33.8 Å². The highest BCUT2D eigenvalue weighted by Crippen LogP contribution is 2.39. The third-order valence-corrected chi connectivity index (χ3v) is 7.45. The molecule has 0 saturated carbocycles. The van der Waals surface area contributed by atoms with Crippen LogP contribution in [0.2, 0.25) is 0 Å². The summed E-state index contributed by atoms with van der Waals surface area (Å²) >= 11 is 3.24. The van der Waals surface area contributed by atoms with Crippen molar-refractivity contribution in [3.8, 4) is 33.0 Å². The molecule has 172 valence electrons. The Hall–Kier alpha value is -2.44. The molecule has 33 heavy (non-hydrogen) atoms. The van der Waals surface area contributed by atoms with Gasteiger partial charge in [0.2, 0.25) is 0 Å². The first kappa shape index (κ1) is 23.7. The fourth-order valence-electron chi connectivity index (χ4n) is 4.02. The van der Waals surface area contributed by atoms with Gasteiger partial charge in [0.05, 0.1) is 11.7 Å². The summed E-state index contributed by atoms with van der Waals surface area (Å²) < 4.78 is 9.32. The SMILES string of the molecule is CC(C)Oc1ccc(-c2nnc(-c3cccc4c3CCCC4NSCCCO)s2)cc1C#N. The minimum atomic E-state index is 0.00623. The van der Waals surface area contributed by atoms with Crippen molar-refractivity contribution < 1.29 is 9.84 Å². The molecule has 1 unspecified atom stereocenters. The van der Waals surface area contributed by atoms with E-state index in [1.165, 1.54) is 11.1 Å². The second-order valence-corrected chi connectivity index (χ2v) is 10.2. The summed E-state index contributed by atoms with van der Waals surface area (Å²) in [5.41, 5.74) is 5.18. The summed E-state index contributed by atoms with van der Waals surface area (Å²) in [5.74, 6) is 1.49. The number of nitrogens with zero attached hydrogens (tertiary/aromatic N) is 3. The molecule has 1 aliphatic carbocycles. The lowest BCUT2D eigenvalue weighted by Gasteiger charge is -2.27. The normalized spacial score (nSPS) is 15.3. The average molecular weight is 481 g/mol. The molecule has 4 rings (SSSR count). The monoisotopic (exact) mass is 480 g/mol. The first-order valence-electron chi connectivity index (χ1n) is 11.3. The molecule has 2 N–H and O–H groups in total. The van der Waals surface area contributed by atoms with Gasteiger partial charge in [-0.1, -0.05) is 41.5 Å². The van der Waals surface area contributed by atoms with E-state index in [4.69, 9.17) is 9.84 Å². The van der Waals surface area contributed by atoms with Crippen molar-refractivity contribution in [1.29, 1.82) is 5.26 Å². The fourth-order valence-corrected chi connectivity index (χ4v) is 5.75. The maximum Gasteiger partial charge on any atom is 0.148 e. The van der Waals surface area contributed by atoms with Crippen LogP contribution in [0.1, 0.15) is 55.8 Å². The zero-order valence-corrected chi connectivity index (χ0v) is 20.5. The van der Waals surface area contributed by atoms with Crippen LogP contribution in [0.25, 0.3) is 21.1 Å². The van der Waals surface area contributed by atoms with Crippen LogP contribution in [0.5, 0.6) is 5.75 Å². The van der Waals surface area contributed by atoms with Crippen LogP contribution in [0.3, 0.4) is 0 Å². The van der Waals surface area contributed by atoms with Crippen molar-refractivity contribution in [2.75, 3.05) is 12.4 Å². The first-order chi connectivity index (χ1) is 16.1. The zero-order chi connectivity index (χ0) is 23.2. The number of ether oxygens (including phenoxy) is 1. The van der Waals surface area contributed by atoms with Crippen LogP contribution in [0.4, 0.5) is 0 Å². The molecule has 0 spiro atoms. The molecule has 1 aliphatic rings. The predicted octanol–water partition coefficient (Wildman–Crippen LogP) is 5.53. The smallest absolute Gasteiger partial charge is 0.148 e. The number of aromatic nitrogens is 2. The van der Waals surface area contributed by atoms with Crippen molar-refractivity contribution in [1.82, 2.24) is 14.9 Å². The number of aliphatic hydroxyl groups excluding tert-OH is 1. The maximum absolute atomic E-state index is 9.55. The highest BCUT2D eigenvalue weighted by atomic mass is 32.2. The van der Waals surface area contributed by atoms with E-state index < -0.39 is 0 Å². The Kier molecular flexibility index (Phi) is 7.99. The van der Waals surface area contributed by atoms with Crippen molar-refractivity contribution in [2.45, 2.75) is 51.7 Å². The van der Waals surface area contributed by atoms with Crippen LogP contribution in [0, 0.1) is 11.3 Å². The summed E-state index contributed by atoms with van der Waals surface area (Å²) in [5, 5.41) is 29.2. The van der Waals surface area contributed by atoms with Gasteiger partial charge in [0.1, 0.15) is 21.8 Å². The summed E-state index contributed by atoms with van der Waals surface area (Å²) in [4.78, 5) is 0. The number of rotatable bonds is 9. The third-order valence-electron chi connectivity index (χ3n) is 5.50. The Bertz CT molecular complexity index is 1140. The lowest BCUT2D eigenvalue weighted by atomic mass is 9.85.